The molecule has 1 aliphatic rings. The first-order chi connectivity index (χ1) is 11.0. The molecule has 1 fully saturated rings. The number of carboxylic acids is 1. The Morgan fingerprint density at radius 1 is 1.30 bits per heavy atom. The van der Waals surface area contributed by atoms with Gasteiger partial charge in [0.2, 0.25) is 5.91 Å². The van der Waals surface area contributed by atoms with Crippen LogP contribution in [0.4, 0.5) is 4.79 Å². The molecule has 1 atom stereocenters. The Labute approximate surface area is 138 Å². The van der Waals surface area contributed by atoms with E-state index in [0.29, 0.717) is 24.4 Å². The number of hydrogen-bond donors (Lipinski definition) is 2. The van der Waals surface area contributed by atoms with Crippen LogP contribution in [0.3, 0.4) is 0 Å². The van der Waals surface area contributed by atoms with Gasteiger partial charge in [-0.15, -0.1) is 0 Å². The molecular weight excluding hydrogens is 324 g/mol. The van der Waals surface area contributed by atoms with E-state index in [9.17, 15) is 14.4 Å². The molecule has 0 spiro atoms. The van der Waals surface area contributed by atoms with Crippen molar-refractivity contribution >= 4 is 29.6 Å². The Morgan fingerprint density at radius 3 is 2.65 bits per heavy atom. The zero-order valence-corrected chi connectivity index (χ0v) is 13.1. The Kier molecular flexibility index (Phi) is 5.81. The van der Waals surface area contributed by atoms with Crippen molar-refractivity contribution in [2.75, 3.05) is 13.1 Å². The molecule has 1 unspecified atom stereocenters. The minimum absolute atomic E-state index is 0.0542. The Hall–Kier alpha value is -2.28. The largest absolute Gasteiger partial charge is 0.480 e. The first kappa shape index (κ1) is 17.1. The van der Waals surface area contributed by atoms with Gasteiger partial charge in [0.15, 0.2) is 0 Å². The lowest BCUT2D eigenvalue weighted by Gasteiger charge is -2.21. The molecule has 0 aromatic heterocycles. The minimum Gasteiger partial charge on any atom is -0.480 e. The molecule has 1 heterocycles. The van der Waals surface area contributed by atoms with Gasteiger partial charge in [-0.3, -0.25) is 4.79 Å². The van der Waals surface area contributed by atoms with Crippen LogP contribution < -0.4 is 5.32 Å². The standard InChI is InChI=1S/C15H17ClN2O5/c16-11-5-3-10(4-6-11)9-23-15(22)17-8-13(19)18-7-1-2-12(18)14(20)21/h3-6,12H,1-2,7-9H2,(H,17,22)(H,20,21). The maximum absolute atomic E-state index is 12.0. The number of aliphatic carboxylic acids is 1. The fourth-order valence-corrected chi connectivity index (χ4v) is 2.48. The summed E-state index contributed by atoms with van der Waals surface area (Å²) in [5, 5.41) is 11.9. The maximum Gasteiger partial charge on any atom is 0.407 e. The van der Waals surface area contributed by atoms with E-state index >= 15 is 0 Å². The van der Waals surface area contributed by atoms with Crippen LogP contribution in [0, 0.1) is 0 Å². The third-order valence-corrected chi connectivity index (χ3v) is 3.78. The molecule has 1 aliphatic heterocycles. The monoisotopic (exact) mass is 340 g/mol. The highest BCUT2D eigenvalue weighted by Crippen LogP contribution is 2.17. The van der Waals surface area contributed by atoms with Gasteiger partial charge in [-0.25, -0.2) is 9.59 Å². The molecule has 124 valence electrons. The average molecular weight is 341 g/mol. The summed E-state index contributed by atoms with van der Waals surface area (Å²) in [6.45, 7) is 0.152. The number of hydrogen-bond acceptors (Lipinski definition) is 4. The normalized spacial score (nSPS) is 16.9. The van der Waals surface area contributed by atoms with Gasteiger partial charge in [-0.1, -0.05) is 23.7 Å². The van der Waals surface area contributed by atoms with Crippen molar-refractivity contribution in [2.24, 2.45) is 0 Å². The molecule has 2 amide bonds. The minimum atomic E-state index is -1.03. The van der Waals surface area contributed by atoms with E-state index in [1.165, 1.54) is 4.90 Å². The number of carbonyl (C=O) groups excluding carboxylic acids is 2. The first-order valence-corrected chi connectivity index (χ1v) is 7.52. The summed E-state index contributed by atoms with van der Waals surface area (Å²) in [4.78, 5) is 35.8. The number of alkyl carbamates (subject to hydrolysis) is 1. The zero-order valence-electron chi connectivity index (χ0n) is 12.3. The van der Waals surface area contributed by atoms with Crippen molar-refractivity contribution in [1.82, 2.24) is 10.2 Å². The number of amides is 2. The van der Waals surface area contributed by atoms with Crippen molar-refractivity contribution in [3.63, 3.8) is 0 Å². The van der Waals surface area contributed by atoms with E-state index in [2.05, 4.69) is 5.32 Å². The van der Waals surface area contributed by atoms with Crippen LogP contribution >= 0.6 is 11.6 Å². The molecule has 1 aromatic carbocycles. The second kappa shape index (κ2) is 7.82. The van der Waals surface area contributed by atoms with E-state index in [1.54, 1.807) is 24.3 Å². The number of carboxylic acid groups (broad SMARTS) is 1. The lowest BCUT2D eigenvalue weighted by molar-refractivity contribution is -0.147. The molecule has 2 N–H and O–H groups in total. The van der Waals surface area contributed by atoms with Crippen LogP contribution in [0.2, 0.25) is 5.02 Å². The summed E-state index contributed by atoms with van der Waals surface area (Å²) in [5.74, 6) is -1.46. The van der Waals surface area contributed by atoms with E-state index < -0.39 is 24.0 Å². The molecule has 1 saturated heterocycles. The summed E-state index contributed by atoms with van der Waals surface area (Å²) in [6.07, 6.45) is 0.339. The van der Waals surface area contributed by atoms with Gasteiger partial charge < -0.3 is 20.1 Å². The van der Waals surface area contributed by atoms with E-state index in [0.717, 1.165) is 5.56 Å². The Morgan fingerprint density at radius 2 is 2.00 bits per heavy atom. The Balaban J connectivity index is 1.74. The van der Waals surface area contributed by atoms with Gasteiger partial charge in [-0.05, 0) is 30.5 Å². The number of nitrogens with zero attached hydrogens (tertiary/aromatic N) is 1. The molecular formula is C15H17ClN2O5. The fraction of sp³-hybridized carbons (Fsp3) is 0.400. The van der Waals surface area contributed by atoms with Gasteiger partial charge in [0.25, 0.3) is 0 Å². The van der Waals surface area contributed by atoms with Crippen LogP contribution in [0.25, 0.3) is 0 Å². The molecule has 8 heteroatoms. The van der Waals surface area contributed by atoms with Gasteiger partial charge in [0.05, 0.1) is 0 Å². The number of nitrogens with one attached hydrogen (secondary N) is 1. The number of ether oxygens (including phenoxy) is 1. The molecule has 0 bridgehead atoms. The van der Waals surface area contributed by atoms with Crippen molar-refractivity contribution in [3.8, 4) is 0 Å². The van der Waals surface area contributed by atoms with Crippen LogP contribution in [-0.4, -0.2) is 47.1 Å². The van der Waals surface area contributed by atoms with Gasteiger partial charge in [-0.2, -0.15) is 0 Å². The van der Waals surface area contributed by atoms with Gasteiger partial charge in [0, 0.05) is 11.6 Å². The predicted molar refractivity (Wildman–Crippen MR) is 82.0 cm³/mol. The predicted octanol–water partition coefficient (Wildman–Crippen LogP) is 1.64. The molecule has 0 radical (unpaired) electrons. The molecule has 2 rings (SSSR count). The van der Waals surface area contributed by atoms with E-state index in [1.807, 2.05) is 0 Å². The van der Waals surface area contributed by atoms with Gasteiger partial charge in [0.1, 0.15) is 19.2 Å². The molecule has 23 heavy (non-hydrogen) atoms. The zero-order chi connectivity index (χ0) is 16.8. The lowest BCUT2D eigenvalue weighted by atomic mass is 10.2. The third kappa shape index (κ3) is 4.85. The van der Waals surface area contributed by atoms with Crippen molar-refractivity contribution in [1.29, 1.82) is 0 Å². The number of rotatable bonds is 5. The summed E-state index contributed by atoms with van der Waals surface area (Å²) < 4.78 is 4.98. The number of likely N-dealkylation sites (tertiary alicyclic amines) is 1. The number of benzene rings is 1. The smallest absolute Gasteiger partial charge is 0.407 e. The summed E-state index contributed by atoms with van der Waals surface area (Å²) in [7, 11) is 0. The van der Waals surface area contributed by atoms with E-state index in [-0.39, 0.29) is 13.2 Å². The van der Waals surface area contributed by atoms with Crippen LogP contribution in [0.5, 0.6) is 0 Å². The summed E-state index contributed by atoms with van der Waals surface area (Å²) in [6, 6.07) is 6.00. The lowest BCUT2D eigenvalue weighted by Crippen LogP contribution is -2.45. The van der Waals surface area contributed by atoms with Gasteiger partial charge >= 0.3 is 12.1 Å². The topological polar surface area (TPSA) is 95.9 Å². The highest BCUT2D eigenvalue weighted by molar-refractivity contribution is 6.30. The van der Waals surface area contributed by atoms with Crippen LogP contribution in [-0.2, 0) is 20.9 Å². The number of halogens is 1. The SMILES string of the molecule is O=C(NCC(=O)N1CCCC1C(=O)O)OCc1ccc(Cl)cc1. The second-order valence-corrected chi connectivity index (χ2v) is 5.58. The van der Waals surface area contributed by atoms with E-state index in [4.69, 9.17) is 21.4 Å². The Bertz CT molecular complexity index is 590. The molecule has 0 saturated carbocycles. The van der Waals surface area contributed by atoms with Crippen molar-refractivity contribution < 1.29 is 24.2 Å². The summed E-state index contributed by atoms with van der Waals surface area (Å²) >= 11 is 5.75. The second-order valence-electron chi connectivity index (χ2n) is 5.14. The highest BCUT2D eigenvalue weighted by atomic mass is 35.5. The third-order valence-electron chi connectivity index (χ3n) is 3.53. The van der Waals surface area contributed by atoms with Crippen LogP contribution in [0.1, 0.15) is 18.4 Å². The molecule has 7 nitrogen and oxygen atoms in total. The average Bonchev–Trinajstić information content (AvgIpc) is 3.02. The van der Waals surface area contributed by atoms with Crippen LogP contribution in [0.15, 0.2) is 24.3 Å². The maximum atomic E-state index is 12.0. The number of carbonyl (C=O) groups is 3. The highest BCUT2D eigenvalue weighted by Gasteiger charge is 2.33. The molecule has 1 aromatic rings. The summed E-state index contributed by atoms with van der Waals surface area (Å²) in [5.41, 5.74) is 0.765. The fourth-order valence-electron chi connectivity index (χ4n) is 2.35. The first-order valence-electron chi connectivity index (χ1n) is 7.14. The quantitative estimate of drug-likeness (QED) is 0.849. The molecule has 0 aliphatic carbocycles. The van der Waals surface area contributed by atoms with Crippen molar-refractivity contribution in [3.05, 3.63) is 34.9 Å². The van der Waals surface area contributed by atoms with Crippen molar-refractivity contribution in [2.45, 2.75) is 25.5 Å².